The van der Waals surface area contributed by atoms with Gasteiger partial charge in [0.2, 0.25) is 5.95 Å². The molecule has 0 aliphatic heterocycles. The predicted octanol–water partition coefficient (Wildman–Crippen LogP) is 2.37. The lowest BCUT2D eigenvalue weighted by Crippen LogP contribution is -2.07. The molecule has 0 aliphatic carbocycles. The molecule has 0 unspecified atom stereocenters. The molecular weight excluding hydrogens is 302 g/mol. The van der Waals surface area contributed by atoms with Gasteiger partial charge in [0.1, 0.15) is 17.7 Å². The van der Waals surface area contributed by atoms with E-state index in [4.69, 9.17) is 5.73 Å². The zero-order chi connectivity index (χ0) is 16.4. The average molecular weight is 315 g/mol. The topological polar surface area (TPSA) is 95.4 Å². The molecular formula is C17H13N7. The normalized spacial score (nSPS) is 10.7. The summed E-state index contributed by atoms with van der Waals surface area (Å²) in [6, 6.07) is 19.7. The van der Waals surface area contributed by atoms with E-state index in [1.165, 1.54) is 11.0 Å². The molecule has 0 amide bonds. The Labute approximate surface area is 137 Å². The van der Waals surface area contributed by atoms with Gasteiger partial charge in [-0.2, -0.15) is 4.68 Å². The Hall–Kier alpha value is -3.61. The molecule has 2 aromatic carbocycles. The summed E-state index contributed by atoms with van der Waals surface area (Å²) in [4.78, 5) is 8.53. The highest BCUT2D eigenvalue weighted by Crippen LogP contribution is 2.28. The van der Waals surface area contributed by atoms with Crippen molar-refractivity contribution in [2.75, 3.05) is 5.73 Å². The number of aromatic nitrogens is 6. The fourth-order valence-corrected chi connectivity index (χ4v) is 2.37. The maximum atomic E-state index is 5.57. The van der Waals surface area contributed by atoms with Crippen LogP contribution in [0.4, 0.5) is 5.95 Å². The molecule has 7 heteroatoms. The minimum atomic E-state index is 0.159. The van der Waals surface area contributed by atoms with Crippen molar-refractivity contribution in [1.82, 2.24) is 29.9 Å². The maximum absolute atomic E-state index is 5.57. The lowest BCUT2D eigenvalue weighted by Gasteiger charge is -2.09. The molecule has 2 aromatic heterocycles. The van der Waals surface area contributed by atoms with Gasteiger partial charge >= 0.3 is 0 Å². The molecule has 116 valence electrons. The van der Waals surface area contributed by atoms with E-state index >= 15 is 0 Å². The summed E-state index contributed by atoms with van der Waals surface area (Å²) in [7, 11) is 0. The van der Waals surface area contributed by atoms with Crippen molar-refractivity contribution in [2.24, 2.45) is 0 Å². The third-order valence-corrected chi connectivity index (χ3v) is 3.48. The second-order valence-corrected chi connectivity index (χ2v) is 5.09. The van der Waals surface area contributed by atoms with E-state index in [0.29, 0.717) is 11.6 Å². The summed E-state index contributed by atoms with van der Waals surface area (Å²) >= 11 is 0. The van der Waals surface area contributed by atoms with Crippen LogP contribution in [0.25, 0.3) is 28.5 Å². The Morgan fingerprint density at radius 1 is 0.750 bits per heavy atom. The Morgan fingerprint density at radius 3 is 1.96 bits per heavy atom. The average Bonchev–Trinajstić information content (AvgIpc) is 3.09. The van der Waals surface area contributed by atoms with E-state index in [2.05, 4.69) is 25.3 Å². The minimum Gasteiger partial charge on any atom is -0.366 e. The third kappa shape index (κ3) is 2.58. The zero-order valence-corrected chi connectivity index (χ0v) is 12.6. The smallest absolute Gasteiger partial charge is 0.272 e. The van der Waals surface area contributed by atoms with Crippen LogP contribution < -0.4 is 5.73 Å². The summed E-state index contributed by atoms with van der Waals surface area (Å²) in [6.07, 6.45) is 1.46. The molecule has 0 radical (unpaired) electrons. The predicted molar refractivity (Wildman–Crippen MR) is 90.0 cm³/mol. The van der Waals surface area contributed by atoms with Crippen LogP contribution in [-0.2, 0) is 0 Å². The number of rotatable bonds is 3. The van der Waals surface area contributed by atoms with Crippen LogP contribution in [0.5, 0.6) is 0 Å². The highest BCUT2D eigenvalue weighted by atomic mass is 15.4. The zero-order valence-electron chi connectivity index (χ0n) is 12.6. The van der Waals surface area contributed by atoms with Crippen molar-refractivity contribution in [1.29, 1.82) is 0 Å². The maximum Gasteiger partial charge on any atom is 0.272 e. The first kappa shape index (κ1) is 14.0. The Morgan fingerprint density at radius 2 is 1.38 bits per heavy atom. The van der Waals surface area contributed by atoms with Crippen molar-refractivity contribution in [3.8, 4) is 28.5 Å². The van der Waals surface area contributed by atoms with Crippen molar-refractivity contribution >= 4 is 5.95 Å². The van der Waals surface area contributed by atoms with E-state index in [-0.39, 0.29) is 5.95 Å². The number of nitrogens with two attached hydrogens (primary N) is 1. The van der Waals surface area contributed by atoms with Crippen LogP contribution in [0, 0.1) is 0 Å². The third-order valence-electron chi connectivity index (χ3n) is 3.48. The summed E-state index contributed by atoms with van der Waals surface area (Å²) < 4.78 is 1.41. The lowest BCUT2D eigenvalue weighted by atomic mass is 10.0. The van der Waals surface area contributed by atoms with Gasteiger partial charge in [0, 0.05) is 11.1 Å². The van der Waals surface area contributed by atoms with Gasteiger partial charge in [-0.1, -0.05) is 60.7 Å². The first-order chi connectivity index (χ1) is 11.8. The molecule has 0 bridgehead atoms. The summed E-state index contributed by atoms with van der Waals surface area (Å²) in [6.45, 7) is 0. The van der Waals surface area contributed by atoms with Gasteiger partial charge in [0.05, 0.1) is 0 Å². The highest BCUT2D eigenvalue weighted by Gasteiger charge is 2.14. The van der Waals surface area contributed by atoms with Crippen molar-refractivity contribution in [3.63, 3.8) is 0 Å². The number of anilines is 1. The first-order valence-electron chi connectivity index (χ1n) is 7.34. The number of nitrogen functional groups attached to an aromatic ring is 1. The number of hydrogen-bond donors (Lipinski definition) is 1. The molecule has 4 rings (SSSR count). The summed E-state index contributed by atoms with van der Waals surface area (Å²) in [5.41, 5.74) is 8.89. The molecule has 7 nitrogen and oxygen atoms in total. The van der Waals surface area contributed by atoms with Gasteiger partial charge in [0.15, 0.2) is 0 Å². The SMILES string of the molecule is Nc1ncn(-c2nnc(-c3ccccc3)c(-c3ccccc3)n2)n1. The second kappa shape index (κ2) is 5.88. The van der Waals surface area contributed by atoms with Crippen LogP contribution >= 0.6 is 0 Å². The van der Waals surface area contributed by atoms with E-state index in [0.717, 1.165) is 16.8 Å². The van der Waals surface area contributed by atoms with E-state index < -0.39 is 0 Å². The highest BCUT2D eigenvalue weighted by molar-refractivity contribution is 5.77. The lowest BCUT2D eigenvalue weighted by molar-refractivity contribution is 0.778. The Kier molecular flexibility index (Phi) is 3.43. The van der Waals surface area contributed by atoms with Crippen LogP contribution in [0.15, 0.2) is 67.0 Å². The molecule has 4 aromatic rings. The molecule has 0 saturated carbocycles. The van der Waals surface area contributed by atoms with Gasteiger partial charge in [-0.3, -0.25) is 0 Å². The van der Waals surface area contributed by atoms with Crippen LogP contribution in [0.2, 0.25) is 0 Å². The fourth-order valence-electron chi connectivity index (χ4n) is 2.37. The monoisotopic (exact) mass is 315 g/mol. The Bertz CT molecular complexity index is 965. The van der Waals surface area contributed by atoms with Gasteiger partial charge < -0.3 is 5.73 Å². The number of nitrogens with zero attached hydrogens (tertiary/aromatic N) is 6. The van der Waals surface area contributed by atoms with E-state index in [1.54, 1.807) is 0 Å². The van der Waals surface area contributed by atoms with Crippen LogP contribution in [0.1, 0.15) is 0 Å². The summed E-state index contributed by atoms with van der Waals surface area (Å²) in [5.74, 6) is 0.477. The first-order valence-corrected chi connectivity index (χ1v) is 7.34. The van der Waals surface area contributed by atoms with E-state index in [9.17, 15) is 0 Å². The quantitative estimate of drug-likeness (QED) is 0.623. The molecule has 0 atom stereocenters. The molecule has 0 spiro atoms. The molecule has 0 aliphatic rings. The number of hydrogen-bond acceptors (Lipinski definition) is 6. The van der Waals surface area contributed by atoms with Crippen molar-refractivity contribution in [2.45, 2.75) is 0 Å². The largest absolute Gasteiger partial charge is 0.366 e. The van der Waals surface area contributed by atoms with E-state index in [1.807, 2.05) is 60.7 Å². The van der Waals surface area contributed by atoms with Gasteiger partial charge in [0.25, 0.3) is 5.95 Å². The minimum absolute atomic E-state index is 0.159. The van der Waals surface area contributed by atoms with Gasteiger partial charge in [-0.05, 0) is 0 Å². The molecule has 0 saturated heterocycles. The fraction of sp³-hybridized carbons (Fsp3) is 0. The van der Waals surface area contributed by atoms with Gasteiger partial charge in [-0.15, -0.1) is 15.3 Å². The van der Waals surface area contributed by atoms with Crippen molar-refractivity contribution in [3.05, 3.63) is 67.0 Å². The van der Waals surface area contributed by atoms with Crippen molar-refractivity contribution < 1.29 is 0 Å². The number of benzene rings is 2. The Balaban J connectivity index is 1.91. The molecule has 2 N–H and O–H groups in total. The molecule has 2 heterocycles. The van der Waals surface area contributed by atoms with Crippen LogP contribution in [-0.4, -0.2) is 29.9 Å². The second-order valence-electron chi connectivity index (χ2n) is 5.09. The standard InChI is InChI=1S/C17H13N7/c18-16-19-11-24(23-16)17-20-14(12-7-3-1-4-8-12)15(21-22-17)13-9-5-2-6-10-13/h1-11H,(H2,18,23). The molecule has 24 heavy (non-hydrogen) atoms. The van der Waals surface area contributed by atoms with Gasteiger partial charge in [-0.25, -0.2) is 9.97 Å². The molecule has 0 fully saturated rings. The summed E-state index contributed by atoms with van der Waals surface area (Å²) in [5, 5.41) is 12.6. The van der Waals surface area contributed by atoms with Crippen LogP contribution in [0.3, 0.4) is 0 Å².